The van der Waals surface area contributed by atoms with Crippen LogP contribution in [0.25, 0.3) is 0 Å². The zero-order valence-corrected chi connectivity index (χ0v) is 14.8. The Kier molecular flexibility index (Phi) is 5.81. The summed E-state index contributed by atoms with van der Waals surface area (Å²) < 4.78 is 38.5. The number of nitrogens with one attached hydrogen (secondary N) is 1. The zero-order valence-electron chi connectivity index (χ0n) is 14.0. The molecule has 0 atom stereocenters. The smallest absolute Gasteiger partial charge is 0.322 e. The van der Waals surface area contributed by atoms with Crippen LogP contribution in [0.15, 0.2) is 78.0 Å². The van der Waals surface area contributed by atoms with E-state index < -0.39 is 17.6 Å². The highest BCUT2D eigenvalue weighted by Crippen LogP contribution is 2.31. The van der Waals surface area contributed by atoms with Gasteiger partial charge in [-0.05, 0) is 48.0 Å². The number of pyridine rings is 1. The first-order chi connectivity index (χ1) is 12.9. The van der Waals surface area contributed by atoms with Crippen molar-refractivity contribution in [3.05, 3.63) is 89.7 Å². The van der Waals surface area contributed by atoms with E-state index >= 15 is 0 Å². The summed E-state index contributed by atoms with van der Waals surface area (Å²) in [5.41, 5.74) is 0.765. The molecule has 3 aromatic rings. The maximum absolute atomic E-state index is 12.8. The standard InChI is InChI=1S/C20H15F3N2OS/c21-20(22,23)15-4-3-5-16(12-15)25-19(26)17-6-1-2-7-18(17)27-13-14-8-10-24-11-9-14/h1-12H,13H2,(H,25,26). The van der Waals surface area contributed by atoms with Crippen LogP contribution in [-0.4, -0.2) is 10.9 Å². The average molecular weight is 388 g/mol. The second-order valence-corrected chi connectivity index (χ2v) is 6.69. The van der Waals surface area contributed by atoms with Gasteiger partial charge in [0.25, 0.3) is 5.91 Å². The SMILES string of the molecule is O=C(Nc1cccc(C(F)(F)F)c1)c1ccccc1SCc1ccncc1. The fraction of sp³-hybridized carbons (Fsp3) is 0.100. The van der Waals surface area contributed by atoms with Crippen LogP contribution in [-0.2, 0) is 11.9 Å². The molecule has 0 spiro atoms. The van der Waals surface area contributed by atoms with Gasteiger partial charge >= 0.3 is 6.18 Å². The maximum atomic E-state index is 12.8. The largest absolute Gasteiger partial charge is 0.416 e. The van der Waals surface area contributed by atoms with E-state index in [-0.39, 0.29) is 5.69 Å². The van der Waals surface area contributed by atoms with E-state index in [1.165, 1.54) is 23.9 Å². The molecule has 0 saturated carbocycles. The summed E-state index contributed by atoms with van der Waals surface area (Å²) in [6, 6.07) is 15.4. The molecule has 0 saturated heterocycles. The monoisotopic (exact) mass is 388 g/mol. The van der Waals surface area contributed by atoms with E-state index in [0.717, 1.165) is 22.6 Å². The van der Waals surface area contributed by atoms with E-state index in [4.69, 9.17) is 0 Å². The summed E-state index contributed by atoms with van der Waals surface area (Å²) >= 11 is 1.48. The van der Waals surface area contributed by atoms with Crippen molar-refractivity contribution in [1.29, 1.82) is 0 Å². The van der Waals surface area contributed by atoms with Crippen LogP contribution in [0.1, 0.15) is 21.5 Å². The Morgan fingerprint density at radius 3 is 2.48 bits per heavy atom. The third kappa shape index (κ3) is 5.10. The van der Waals surface area contributed by atoms with Crippen molar-refractivity contribution < 1.29 is 18.0 Å². The Morgan fingerprint density at radius 1 is 1.00 bits per heavy atom. The third-order valence-electron chi connectivity index (χ3n) is 3.72. The predicted octanol–water partition coefficient (Wildman–Crippen LogP) is 5.65. The predicted molar refractivity (Wildman–Crippen MR) is 99.6 cm³/mol. The highest BCUT2D eigenvalue weighted by Gasteiger charge is 2.30. The lowest BCUT2D eigenvalue weighted by Crippen LogP contribution is -2.14. The van der Waals surface area contributed by atoms with Crippen LogP contribution in [0.4, 0.5) is 18.9 Å². The van der Waals surface area contributed by atoms with Gasteiger partial charge in [-0.15, -0.1) is 11.8 Å². The van der Waals surface area contributed by atoms with Crippen LogP contribution in [0.5, 0.6) is 0 Å². The molecule has 0 aliphatic carbocycles. The van der Waals surface area contributed by atoms with Gasteiger partial charge in [0, 0.05) is 28.7 Å². The third-order valence-corrected chi connectivity index (χ3v) is 4.87. The van der Waals surface area contributed by atoms with Gasteiger partial charge in [0.1, 0.15) is 0 Å². The first-order valence-electron chi connectivity index (χ1n) is 8.03. The fourth-order valence-electron chi connectivity index (χ4n) is 2.39. The minimum absolute atomic E-state index is 0.101. The Balaban J connectivity index is 1.75. The summed E-state index contributed by atoms with van der Waals surface area (Å²) in [7, 11) is 0. The molecule has 1 aromatic heterocycles. The number of hydrogen-bond acceptors (Lipinski definition) is 3. The van der Waals surface area contributed by atoms with Gasteiger partial charge < -0.3 is 5.32 Å². The molecule has 138 valence electrons. The number of carbonyl (C=O) groups is 1. The van der Waals surface area contributed by atoms with Gasteiger partial charge in [-0.1, -0.05) is 18.2 Å². The quantitative estimate of drug-likeness (QED) is 0.575. The summed E-state index contributed by atoms with van der Waals surface area (Å²) in [6.45, 7) is 0. The molecular weight excluding hydrogens is 373 g/mol. The van der Waals surface area contributed by atoms with E-state index in [2.05, 4.69) is 10.3 Å². The van der Waals surface area contributed by atoms with Crippen LogP contribution in [0.2, 0.25) is 0 Å². The summed E-state index contributed by atoms with van der Waals surface area (Å²) in [4.78, 5) is 17.3. The molecule has 0 fully saturated rings. The molecule has 7 heteroatoms. The Morgan fingerprint density at radius 2 is 1.74 bits per heavy atom. The van der Waals surface area contributed by atoms with Crippen molar-refractivity contribution in [2.45, 2.75) is 16.8 Å². The van der Waals surface area contributed by atoms with Gasteiger partial charge in [0.15, 0.2) is 0 Å². The lowest BCUT2D eigenvalue weighted by atomic mass is 10.1. The number of nitrogens with zero attached hydrogens (tertiary/aromatic N) is 1. The van der Waals surface area contributed by atoms with Crippen LogP contribution < -0.4 is 5.32 Å². The summed E-state index contributed by atoms with van der Waals surface area (Å²) in [5, 5.41) is 2.55. The van der Waals surface area contributed by atoms with Crippen molar-refractivity contribution in [3.63, 3.8) is 0 Å². The number of anilines is 1. The topological polar surface area (TPSA) is 42.0 Å². The van der Waals surface area contributed by atoms with Gasteiger partial charge in [-0.3, -0.25) is 9.78 Å². The first-order valence-corrected chi connectivity index (χ1v) is 9.01. The lowest BCUT2D eigenvalue weighted by molar-refractivity contribution is -0.137. The number of benzene rings is 2. The molecule has 0 radical (unpaired) electrons. The number of thioether (sulfide) groups is 1. The van der Waals surface area contributed by atoms with Gasteiger partial charge in [-0.25, -0.2) is 0 Å². The Labute approximate surface area is 158 Å². The first kappa shape index (κ1) is 19.0. The Hall–Kier alpha value is -2.80. The van der Waals surface area contributed by atoms with Crippen molar-refractivity contribution in [2.24, 2.45) is 0 Å². The van der Waals surface area contributed by atoms with Gasteiger partial charge in [0.2, 0.25) is 0 Å². The molecule has 2 aromatic carbocycles. The molecule has 3 nitrogen and oxygen atoms in total. The molecule has 0 aliphatic rings. The molecule has 3 rings (SSSR count). The number of halogens is 3. The number of alkyl halides is 3. The molecule has 1 N–H and O–H groups in total. The van der Waals surface area contributed by atoms with Crippen LogP contribution in [0.3, 0.4) is 0 Å². The molecule has 0 aliphatic heterocycles. The highest BCUT2D eigenvalue weighted by molar-refractivity contribution is 7.98. The minimum atomic E-state index is -4.46. The van der Waals surface area contributed by atoms with E-state index in [1.54, 1.807) is 24.5 Å². The van der Waals surface area contributed by atoms with Crippen molar-refractivity contribution in [1.82, 2.24) is 4.98 Å². The second-order valence-electron chi connectivity index (χ2n) is 5.67. The summed E-state index contributed by atoms with van der Waals surface area (Å²) in [5.74, 6) is 0.197. The van der Waals surface area contributed by atoms with Crippen molar-refractivity contribution in [3.8, 4) is 0 Å². The maximum Gasteiger partial charge on any atom is 0.416 e. The van der Waals surface area contributed by atoms with E-state index in [0.29, 0.717) is 11.3 Å². The minimum Gasteiger partial charge on any atom is -0.322 e. The van der Waals surface area contributed by atoms with Crippen molar-refractivity contribution in [2.75, 3.05) is 5.32 Å². The normalized spacial score (nSPS) is 11.2. The highest BCUT2D eigenvalue weighted by atomic mass is 32.2. The average Bonchev–Trinajstić information content (AvgIpc) is 2.67. The molecule has 1 amide bonds. The Bertz CT molecular complexity index is 930. The van der Waals surface area contributed by atoms with Crippen LogP contribution in [0, 0.1) is 0 Å². The van der Waals surface area contributed by atoms with Gasteiger partial charge in [0.05, 0.1) is 11.1 Å². The second kappa shape index (κ2) is 8.26. The molecule has 1 heterocycles. The number of rotatable bonds is 5. The number of aromatic nitrogens is 1. The van der Waals surface area contributed by atoms with Crippen LogP contribution >= 0.6 is 11.8 Å². The number of carbonyl (C=O) groups excluding carboxylic acids is 1. The number of hydrogen-bond donors (Lipinski definition) is 1. The molecular formula is C20H15F3N2OS. The molecule has 0 bridgehead atoms. The van der Waals surface area contributed by atoms with E-state index in [9.17, 15) is 18.0 Å². The molecule has 27 heavy (non-hydrogen) atoms. The lowest BCUT2D eigenvalue weighted by Gasteiger charge is -2.12. The van der Waals surface area contributed by atoms with E-state index in [1.807, 2.05) is 24.3 Å². The fourth-order valence-corrected chi connectivity index (χ4v) is 3.40. The van der Waals surface area contributed by atoms with Gasteiger partial charge in [-0.2, -0.15) is 13.2 Å². The zero-order chi connectivity index (χ0) is 19.3. The molecule has 0 unspecified atom stereocenters. The summed E-state index contributed by atoms with van der Waals surface area (Å²) in [6.07, 6.45) is -1.07. The number of amides is 1. The van der Waals surface area contributed by atoms with Crippen molar-refractivity contribution >= 4 is 23.4 Å².